The number of allylic oxidation sites excluding steroid dienone is 1. The van der Waals surface area contributed by atoms with E-state index in [1.165, 1.54) is 5.56 Å². The van der Waals surface area contributed by atoms with Gasteiger partial charge in [0.15, 0.2) is 0 Å². The Morgan fingerprint density at radius 1 is 1.04 bits per heavy atom. The number of anilines is 1. The van der Waals surface area contributed by atoms with Crippen LogP contribution in [-0.2, 0) is 25.5 Å². The third-order valence-corrected chi connectivity index (χ3v) is 17.4. The Morgan fingerprint density at radius 3 is 2.54 bits per heavy atom. The van der Waals surface area contributed by atoms with Gasteiger partial charge in [-0.05, 0) is 102 Å². The van der Waals surface area contributed by atoms with Crippen molar-refractivity contribution in [2.75, 3.05) is 38.6 Å². The van der Waals surface area contributed by atoms with Gasteiger partial charge in [-0.1, -0.05) is 109 Å². The maximum absolute atomic E-state index is 14.6. The van der Waals surface area contributed by atoms with Crippen molar-refractivity contribution in [3.8, 4) is 0 Å². The Bertz CT molecular complexity index is 1770. The fourth-order valence-electron chi connectivity index (χ4n) is 13.9. The maximum Gasteiger partial charge on any atom is 0.310 e. The van der Waals surface area contributed by atoms with Gasteiger partial charge in [-0.3, -0.25) is 9.69 Å². The van der Waals surface area contributed by atoms with E-state index in [1.54, 1.807) is 10.4 Å². The standard InChI is InChI=1S/C46H70N6O4/c1-9-10-24-55-40(53)38-42(5,31(4)30(2)3)21-22-44(7)34-16-17-37-43(6)28-54-29-46(37,35(34)18-20-45(38,44)8)25-36(52-49-41(47)48-50-52)39(43)56-33-19-23-51(27-33)26-32-14-12-11-13-15-32/h11-15,18,30-31,33-34,36-39H,9-10,16-17,19-29H2,1-8H3,(H2,47,49)/t31-,33?,34+,36-,37+,38-,39+,42-,43+,44-,45+,46?/m1/s1. The molecule has 2 saturated heterocycles. The number of carbonyl (C=O) groups excluding carboxylic acids is 1. The zero-order chi connectivity index (χ0) is 39.7. The van der Waals surface area contributed by atoms with Gasteiger partial charge in [0.05, 0.1) is 37.9 Å². The summed E-state index contributed by atoms with van der Waals surface area (Å²) < 4.78 is 20.5. The van der Waals surface area contributed by atoms with Crippen LogP contribution in [0.1, 0.15) is 125 Å². The molecular weight excluding hydrogens is 701 g/mol. The third kappa shape index (κ3) is 6.20. The van der Waals surface area contributed by atoms with Gasteiger partial charge < -0.3 is 19.9 Å². The number of nitrogens with zero attached hydrogens (tertiary/aromatic N) is 5. The summed E-state index contributed by atoms with van der Waals surface area (Å²) in [6.07, 6.45) is 11.6. The molecule has 2 bridgehead atoms. The molecule has 1 aromatic carbocycles. The Labute approximate surface area is 336 Å². The zero-order valence-electron chi connectivity index (χ0n) is 35.6. The summed E-state index contributed by atoms with van der Waals surface area (Å²) in [6.45, 7) is 23.7. The number of carbonyl (C=O) groups is 1. The lowest BCUT2D eigenvalue weighted by Crippen LogP contribution is -2.69. The fraction of sp³-hybridized carbons (Fsp3) is 0.783. The topological polar surface area (TPSA) is 118 Å². The van der Waals surface area contributed by atoms with Crippen LogP contribution in [0, 0.1) is 56.7 Å². The van der Waals surface area contributed by atoms with E-state index >= 15 is 0 Å². The molecule has 1 aromatic heterocycles. The van der Waals surface area contributed by atoms with Crippen molar-refractivity contribution in [1.82, 2.24) is 25.1 Å². The van der Waals surface area contributed by atoms with Crippen LogP contribution in [0.25, 0.3) is 0 Å². The molecule has 3 heterocycles. The van der Waals surface area contributed by atoms with Crippen molar-refractivity contribution in [2.45, 2.75) is 138 Å². The molecular formula is C46H70N6O4. The molecule has 0 radical (unpaired) electrons. The summed E-state index contributed by atoms with van der Waals surface area (Å²) >= 11 is 0. The normalized spacial score (nSPS) is 41.3. The lowest BCUT2D eigenvalue weighted by atomic mass is 9.34. The van der Waals surface area contributed by atoms with Gasteiger partial charge >= 0.3 is 5.97 Å². The molecule has 2 unspecified atom stereocenters. The summed E-state index contributed by atoms with van der Waals surface area (Å²) in [5.41, 5.74) is 8.19. The number of nitrogens with two attached hydrogens (primary N) is 1. The van der Waals surface area contributed by atoms with Crippen LogP contribution in [0.3, 0.4) is 0 Å². The minimum atomic E-state index is -0.257. The number of likely N-dealkylation sites (tertiary alicyclic amines) is 1. The molecule has 5 fully saturated rings. The van der Waals surface area contributed by atoms with Gasteiger partial charge in [-0.2, -0.15) is 4.80 Å². The molecule has 0 amide bonds. The minimum Gasteiger partial charge on any atom is -0.465 e. The molecule has 56 heavy (non-hydrogen) atoms. The highest BCUT2D eigenvalue weighted by molar-refractivity contribution is 5.75. The highest BCUT2D eigenvalue weighted by Crippen LogP contribution is 2.75. The maximum atomic E-state index is 14.6. The second-order valence-electron chi connectivity index (χ2n) is 20.5. The Balaban J connectivity index is 1.14. The van der Waals surface area contributed by atoms with E-state index in [-0.39, 0.29) is 63.2 Å². The summed E-state index contributed by atoms with van der Waals surface area (Å²) in [4.78, 5) is 18.9. The van der Waals surface area contributed by atoms with Crippen LogP contribution in [0.2, 0.25) is 0 Å². The van der Waals surface area contributed by atoms with Crippen LogP contribution in [-0.4, -0.2) is 76.2 Å². The van der Waals surface area contributed by atoms with Crippen LogP contribution in [0.4, 0.5) is 5.95 Å². The van der Waals surface area contributed by atoms with E-state index in [0.717, 1.165) is 77.4 Å². The first-order valence-electron chi connectivity index (χ1n) is 22.1. The van der Waals surface area contributed by atoms with E-state index in [4.69, 9.17) is 25.0 Å². The molecule has 2 N–H and O–H groups in total. The molecule has 6 aliphatic rings. The van der Waals surface area contributed by atoms with Crippen molar-refractivity contribution in [2.24, 2.45) is 56.7 Å². The van der Waals surface area contributed by atoms with E-state index < -0.39 is 0 Å². The summed E-state index contributed by atoms with van der Waals surface area (Å²) in [5, 5.41) is 13.5. The van der Waals surface area contributed by atoms with Crippen molar-refractivity contribution < 1.29 is 19.0 Å². The third-order valence-electron chi connectivity index (χ3n) is 17.4. The van der Waals surface area contributed by atoms with Gasteiger partial charge in [0, 0.05) is 30.5 Å². The largest absolute Gasteiger partial charge is 0.465 e. The smallest absolute Gasteiger partial charge is 0.310 e. The lowest BCUT2D eigenvalue weighted by molar-refractivity contribution is -0.258. The number of hydrogen-bond acceptors (Lipinski definition) is 9. The monoisotopic (exact) mass is 771 g/mol. The van der Waals surface area contributed by atoms with Gasteiger partial charge in [-0.25, -0.2) is 0 Å². The first kappa shape index (κ1) is 40.0. The number of nitrogen functional groups attached to an aromatic ring is 1. The second-order valence-corrected chi connectivity index (χ2v) is 20.5. The summed E-state index contributed by atoms with van der Waals surface area (Å²) in [5.74, 6) is 1.67. The average Bonchev–Trinajstić information content (AvgIpc) is 3.81. The number of tetrazole rings is 1. The Hall–Kier alpha value is -2.82. The zero-order valence-corrected chi connectivity index (χ0v) is 35.6. The molecule has 4 aliphatic carbocycles. The van der Waals surface area contributed by atoms with E-state index in [9.17, 15) is 4.79 Å². The number of ether oxygens (including phenoxy) is 3. The summed E-state index contributed by atoms with van der Waals surface area (Å²) in [6, 6.07) is 10.6. The quantitative estimate of drug-likeness (QED) is 0.137. The highest BCUT2D eigenvalue weighted by Gasteiger charge is 2.72. The average molecular weight is 771 g/mol. The minimum absolute atomic E-state index is 0.0287. The van der Waals surface area contributed by atoms with Crippen LogP contribution < -0.4 is 5.73 Å². The number of unbranched alkanes of at least 4 members (excludes halogenated alkanes) is 1. The SMILES string of the molecule is CCCCOC(=O)[C@@H]1[C@@](C)([C@H](C)C(C)C)CC[C@]2(C)[C@H]3CC[C@@H]4C5(COC[C@]4(C)[C@@H](OC4CCN(Cc6ccccc6)C4)[C@H](n4nnc(N)n4)C5)C3=CC[C@@]12C. The van der Waals surface area contributed by atoms with Gasteiger partial charge in [0.2, 0.25) is 0 Å². The van der Waals surface area contributed by atoms with Crippen molar-refractivity contribution in [3.63, 3.8) is 0 Å². The summed E-state index contributed by atoms with van der Waals surface area (Å²) in [7, 11) is 0. The number of esters is 1. The van der Waals surface area contributed by atoms with Crippen molar-refractivity contribution in [3.05, 3.63) is 47.5 Å². The molecule has 8 rings (SSSR count). The molecule has 2 aromatic rings. The predicted octanol–water partition coefficient (Wildman–Crippen LogP) is 8.30. The first-order chi connectivity index (χ1) is 26.7. The number of benzene rings is 1. The van der Waals surface area contributed by atoms with E-state index in [1.807, 2.05) is 0 Å². The molecule has 0 spiro atoms. The number of rotatable bonds is 11. The van der Waals surface area contributed by atoms with E-state index in [2.05, 4.69) is 107 Å². The molecule has 10 heteroatoms. The molecule has 2 aliphatic heterocycles. The molecule has 12 atom stereocenters. The highest BCUT2D eigenvalue weighted by atomic mass is 16.5. The van der Waals surface area contributed by atoms with E-state index in [0.29, 0.717) is 43.5 Å². The predicted molar refractivity (Wildman–Crippen MR) is 218 cm³/mol. The first-order valence-corrected chi connectivity index (χ1v) is 22.1. The Kier molecular flexibility index (Phi) is 10.5. The van der Waals surface area contributed by atoms with Gasteiger partial charge in [-0.15, -0.1) is 5.10 Å². The number of fused-ring (bicyclic) bond motifs is 3. The molecule has 308 valence electrons. The van der Waals surface area contributed by atoms with Crippen molar-refractivity contribution in [1.29, 1.82) is 0 Å². The van der Waals surface area contributed by atoms with Crippen LogP contribution >= 0.6 is 0 Å². The second kappa shape index (κ2) is 14.8. The van der Waals surface area contributed by atoms with Crippen molar-refractivity contribution >= 4 is 11.9 Å². The Morgan fingerprint density at radius 2 is 1.82 bits per heavy atom. The van der Waals surface area contributed by atoms with Crippen LogP contribution in [0.5, 0.6) is 0 Å². The lowest BCUT2D eigenvalue weighted by Gasteiger charge is -2.71. The van der Waals surface area contributed by atoms with Gasteiger partial charge in [0.1, 0.15) is 6.04 Å². The number of hydrogen-bond donors (Lipinski definition) is 1. The number of aromatic nitrogens is 4. The fourth-order valence-corrected chi connectivity index (χ4v) is 13.9. The van der Waals surface area contributed by atoms with Crippen LogP contribution in [0.15, 0.2) is 42.0 Å². The molecule has 10 nitrogen and oxygen atoms in total. The van der Waals surface area contributed by atoms with Gasteiger partial charge in [0.25, 0.3) is 5.95 Å². The molecule has 3 saturated carbocycles.